The molecule has 7 nitrogen and oxygen atoms in total. The lowest BCUT2D eigenvalue weighted by Crippen LogP contribution is -2.28. The Labute approximate surface area is 150 Å². The van der Waals surface area contributed by atoms with Crippen LogP contribution in [-0.4, -0.2) is 29.9 Å². The van der Waals surface area contributed by atoms with Crippen molar-refractivity contribution >= 4 is 21.4 Å². The number of sulfonamides is 1. The second-order valence-electron chi connectivity index (χ2n) is 5.80. The third-order valence-corrected chi connectivity index (χ3v) is 6.59. The standard InChI is InChI=1S/C16H20N4O3S2/c1-10-15(14-6-5-9-24-14)12(3)20(18-10)8-7-17-25(21,22)16-11(2)19-23-13(16)4/h5-6,9,17H,7-8H2,1-4H3. The average molecular weight is 380 g/mol. The van der Waals surface area contributed by atoms with Crippen LogP contribution in [0.5, 0.6) is 0 Å². The summed E-state index contributed by atoms with van der Waals surface area (Å²) in [5.41, 5.74) is 3.43. The zero-order valence-electron chi connectivity index (χ0n) is 14.5. The topological polar surface area (TPSA) is 90.0 Å². The monoisotopic (exact) mass is 380 g/mol. The van der Waals surface area contributed by atoms with Crippen LogP contribution < -0.4 is 4.72 Å². The molecule has 0 saturated carbocycles. The molecule has 0 bridgehead atoms. The minimum Gasteiger partial charge on any atom is -0.360 e. The van der Waals surface area contributed by atoms with E-state index in [1.165, 1.54) is 0 Å². The van der Waals surface area contributed by atoms with Gasteiger partial charge in [0.1, 0.15) is 10.6 Å². The van der Waals surface area contributed by atoms with Crippen LogP contribution >= 0.6 is 11.3 Å². The van der Waals surface area contributed by atoms with Gasteiger partial charge in [-0.3, -0.25) is 4.68 Å². The molecule has 0 aliphatic carbocycles. The number of thiophene rings is 1. The van der Waals surface area contributed by atoms with Crippen LogP contribution in [0.15, 0.2) is 26.9 Å². The summed E-state index contributed by atoms with van der Waals surface area (Å²) in [6, 6.07) is 4.07. The molecule has 0 fully saturated rings. The first-order valence-electron chi connectivity index (χ1n) is 7.81. The van der Waals surface area contributed by atoms with Crippen LogP contribution in [0.4, 0.5) is 0 Å². The lowest BCUT2D eigenvalue weighted by molar-refractivity contribution is 0.390. The summed E-state index contributed by atoms with van der Waals surface area (Å²) in [7, 11) is -3.65. The van der Waals surface area contributed by atoms with E-state index >= 15 is 0 Å². The van der Waals surface area contributed by atoms with E-state index in [4.69, 9.17) is 4.52 Å². The van der Waals surface area contributed by atoms with Crippen LogP contribution in [0, 0.1) is 27.7 Å². The van der Waals surface area contributed by atoms with Gasteiger partial charge < -0.3 is 4.52 Å². The lowest BCUT2D eigenvalue weighted by Gasteiger charge is -2.08. The maximum absolute atomic E-state index is 12.4. The van der Waals surface area contributed by atoms with Gasteiger partial charge in [0, 0.05) is 22.7 Å². The Kier molecular flexibility index (Phi) is 4.81. The molecule has 25 heavy (non-hydrogen) atoms. The minimum atomic E-state index is -3.65. The zero-order chi connectivity index (χ0) is 18.2. The first-order valence-corrected chi connectivity index (χ1v) is 10.2. The highest BCUT2D eigenvalue weighted by atomic mass is 32.2. The van der Waals surface area contributed by atoms with Crippen LogP contribution in [0.1, 0.15) is 22.8 Å². The molecule has 0 aliphatic heterocycles. The van der Waals surface area contributed by atoms with Crippen molar-refractivity contribution in [2.45, 2.75) is 39.1 Å². The molecule has 0 saturated heterocycles. The molecule has 3 aromatic rings. The van der Waals surface area contributed by atoms with Crippen LogP contribution in [-0.2, 0) is 16.6 Å². The van der Waals surface area contributed by atoms with E-state index in [0.29, 0.717) is 12.2 Å². The molecule has 9 heteroatoms. The number of hydrogen-bond acceptors (Lipinski definition) is 6. The van der Waals surface area contributed by atoms with Gasteiger partial charge in [-0.2, -0.15) is 5.10 Å². The van der Waals surface area contributed by atoms with Gasteiger partial charge in [-0.05, 0) is 39.1 Å². The summed E-state index contributed by atoms with van der Waals surface area (Å²) >= 11 is 1.67. The molecule has 0 unspecified atom stereocenters. The molecule has 1 N–H and O–H groups in total. The molecule has 0 radical (unpaired) electrons. The second kappa shape index (κ2) is 6.74. The second-order valence-corrected chi connectivity index (χ2v) is 8.45. The largest absolute Gasteiger partial charge is 0.360 e. The number of rotatable bonds is 6. The Hall–Kier alpha value is -1.97. The van der Waals surface area contributed by atoms with E-state index in [1.54, 1.807) is 25.2 Å². The van der Waals surface area contributed by atoms with Crippen molar-refractivity contribution in [3.05, 3.63) is 40.4 Å². The Morgan fingerprint density at radius 2 is 2.00 bits per heavy atom. The fourth-order valence-corrected chi connectivity index (χ4v) is 5.13. The molecular formula is C16H20N4O3S2. The molecule has 0 amide bonds. The van der Waals surface area contributed by atoms with Crippen LogP contribution in [0.3, 0.4) is 0 Å². The van der Waals surface area contributed by atoms with E-state index in [9.17, 15) is 8.42 Å². The van der Waals surface area contributed by atoms with Crippen molar-refractivity contribution in [2.75, 3.05) is 6.54 Å². The van der Waals surface area contributed by atoms with Crippen molar-refractivity contribution in [1.82, 2.24) is 19.7 Å². The zero-order valence-corrected chi connectivity index (χ0v) is 16.2. The summed E-state index contributed by atoms with van der Waals surface area (Å²) in [6.45, 7) is 7.84. The maximum atomic E-state index is 12.4. The van der Waals surface area contributed by atoms with E-state index in [2.05, 4.69) is 21.0 Å². The maximum Gasteiger partial charge on any atom is 0.246 e. The predicted octanol–water partition coefficient (Wildman–Crippen LogP) is 2.81. The first kappa shape index (κ1) is 17.8. The molecule has 0 aromatic carbocycles. The molecule has 3 aromatic heterocycles. The highest BCUT2D eigenvalue weighted by Gasteiger charge is 2.24. The van der Waals surface area contributed by atoms with E-state index in [1.807, 2.05) is 30.0 Å². The molecule has 0 atom stereocenters. The Morgan fingerprint density at radius 3 is 2.60 bits per heavy atom. The van der Waals surface area contributed by atoms with E-state index in [-0.39, 0.29) is 17.2 Å². The fraction of sp³-hybridized carbons (Fsp3) is 0.375. The van der Waals surface area contributed by atoms with Gasteiger partial charge in [0.25, 0.3) is 0 Å². The van der Waals surface area contributed by atoms with Gasteiger partial charge in [0.2, 0.25) is 10.0 Å². The fourth-order valence-electron chi connectivity index (χ4n) is 2.91. The molecule has 3 heterocycles. The number of aromatic nitrogens is 3. The highest BCUT2D eigenvalue weighted by Crippen LogP contribution is 2.30. The quantitative estimate of drug-likeness (QED) is 0.710. The van der Waals surface area contributed by atoms with E-state index in [0.717, 1.165) is 21.8 Å². The van der Waals surface area contributed by atoms with Gasteiger partial charge >= 0.3 is 0 Å². The lowest BCUT2D eigenvalue weighted by atomic mass is 10.1. The third-order valence-electron chi connectivity index (χ3n) is 4.00. The predicted molar refractivity (Wildman–Crippen MR) is 96.2 cm³/mol. The van der Waals surface area contributed by atoms with Crippen molar-refractivity contribution < 1.29 is 12.9 Å². The van der Waals surface area contributed by atoms with Crippen LogP contribution in [0.2, 0.25) is 0 Å². The summed E-state index contributed by atoms with van der Waals surface area (Å²) in [6.07, 6.45) is 0. The molecule has 0 aliphatic rings. The number of nitrogens with zero attached hydrogens (tertiary/aromatic N) is 3. The summed E-state index contributed by atoms with van der Waals surface area (Å²) in [5.74, 6) is 0.288. The average Bonchev–Trinajstić information content (AvgIpc) is 3.21. The SMILES string of the molecule is Cc1nn(CCNS(=O)(=O)c2c(C)noc2C)c(C)c1-c1cccs1. The third kappa shape index (κ3) is 3.39. The Morgan fingerprint density at radius 1 is 1.24 bits per heavy atom. The Bertz CT molecular complexity index is 966. The molecule has 0 spiro atoms. The number of hydrogen-bond donors (Lipinski definition) is 1. The van der Waals surface area contributed by atoms with Gasteiger partial charge in [-0.15, -0.1) is 11.3 Å². The number of aryl methyl sites for hydroxylation is 3. The number of nitrogens with one attached hydrogen (secondary N) is 1. The molecule has 3 rings (SSSR count). The first-order chi connectivity index (χ1) is 11.8. The highest BCUT2D eigenvalue weighted by molar-refractivity contribution is 7.89. The van der Waals surface area contributed by atoms with Gasteiger partial charge in [0.05, 0.1) is 12.2 Å². The van der Waals surface area contributed by atoms with Gasteiger partial charge in [-0.25, -0.2) is 13.1 Å². The summed E-state index contributed by atoms with van der Waals surface area (Å²) in [4.78, 5) is 1.28. The van der Waals surface area contributed by atoms with Crippen LogP contribution in [0.25, 0.3) is 10.4 Å². The van der Waals surface area contributed by atoms with Crippen molar-refractivity contribution in [2.24, 2.45) is 0 Å². The summed E-state index contributed by atoms with van der Waals surface area (Å²) < 4.78 is 34.2. The molecule has 134 valence electrons. The molecular weight excluding hydrogens is 360 g/mol. The van der Waals surface area contributed by atoms with Crippen molar-refractivity contribution in [1.29, 1.82) is 0 Å². The van der Waals surface area contributed by atoms with Gasteiger partial charge in [-0.1, -0.05) is 11.2 Å². The van der Waals surface area contributed by atoms with Crippen molar-refractivity contribution in [3.8, 4) is 10.4 Å². The van der Waals surface area contributed by atoms with Crippen molar-refractivity contribution in [3.63, 3.8) is 0 Å². The Balaban J connectivity index is 1.74. The van der Waals surface area contributed by atoms with Gasteiger partial charge in [0.15, 0.2) is 5.76 Å². The smallest absolute Gasteiger partial charge is 0.246 e. The normalized spacial score (nSPS) is 12.0. The summed E-state index contributed by atoms with van der Waals surface area (Å²) in [5, 5.41) is 10.3. The minimum absolute atomic E-state index is 0.111. The van der Waals surface area contributed by atoms with E-state index < -0.39 is 10.0 Å².